The van der Waals surface area contributed by atoms with Crippen LogP contribution in [0.15, 0.2) is 42.7 Å². The second kappa shape index (κ2) is 5.83. The molecule has 0 bridgehead atoms. The van der Waals surface area contributed by atoms with E-state index in [0.29, 0.717) is 12.2 Å². The number of fused-ring (bicyclic) bond motifs is 1. The van der Waals surface area contributed by atoms with Crippen LogP contribution in [-0.4, -0.2) is 31.2 Å². The van der Waals surface area contributed by atoms with Crippen molar-refractivity contribution in [3.63, 3.8) is 0 Å². The fraction of sp³-hybridized carbons (Fsp3) is 0.250. The van der Waals surface area contributed by atoms with Gasteiger partial charge in [0.05, 0.1) is 31.1 Å². The third-order valence-electron chi connectivity index (χ3n) is 3.48. The molecule has 2 aromatic rings. The van der Waals surface area contributed by atoms with E-state index in [1.54, 1.807) is 18.3 Å². The number of aromatic nitrogens is 1. The van der Waals surface area contributed by atoms with E-state index in [1.165, 1.54) is 7.11 Å². The number of carbonyl (C=O) groups is 1. The number of methoxy groups -OCH3 is 1. The highest BCUT2D eigenvalue weighted by Crippen LogP contribution is 2.27. The summed E-state index contributed by atoms with van der Waals surface area (Å²) in [6.45, 7) is 2.06. The maximum atomic E-state index is 11.6. The van der Waals surface area contributed by atoms with Crippen LogP contribution in [0.3, 0.4) is 0 Å². The van der Waals surface area contributed by atoms with Crippen molar-refractivity contribution in [3.8, 4) is 5.75 Å². The lowest BCUT2D eigenvalue weighted by Gasteiger charge is -2.21. The Hall–Kier alpha value is -2.56. The molecular weight excluding hydrogens is 268 g/mol. The zero-order chi connectivity index (χ0) is 14.7. The average molecular weight is 284 g/mol. The molecule has 108 valence electrons. The summed E-state index contributed by atoms with van der Waals surface area (Å²) >= 11 is 0. The molecule has 0 amide bonds. The number of carbonyl (C=O) groups excluding carboxylic acids is 1. The van der Waals surface area contributed by atoms with Crippen LogP contribution in [0.25, 0.3) is 0 Å². The minimum Gasteiger partial charge on any atom is -0.491 e. The molecule has 0 unspecified atom stereocenters. The van der Waals surface area contributed by atoms with Gasteiger partial charge in [0.2, 0.25) is 0 Å². The van der Waals surface area contributed by atoms with Crippen LogP contribution in [-0.2, 0) is 11.3 Å². The van der Waals surface area contributed by atoms with E-state index in [9.17, 15) is 4.79 Å². The van der Waals surface area contributed by atoms with Gasteiger partial charge in [-0.25, -0.2) is 4.79 Å². The first-order valence-electron chi connectivity index (χ1n) is 6.77. The van der Waals surface area contributed by atoms with Crippen molar-refractivity contribution >= 4 is 11.7 Å². The minimum atomic E-state index is -0.352. The third-order valence-corrected chi connectivity index (χ3v) is 3.48. The summed E-state index contributed by atoms with van der Waals surface area (Å²) in [5.41, 5.74) is 2.61. The summed E-state index contributed by atoms with van der Waals surface area (Å²) in [6.07, 6.45) is 3.60. The zero-order valence-electron chi connectivity index (χ0n) is 11.8. The van der Waals surface area contributed by atoms with Gasteiger partial charge in [-0.05, 0) is 24.3 Å². The number of esters is 1. The lowest BCUT2D eigenvalue weighted by Crippen LogP contribution is -2.25. The van der Waals surface area contributed by atoms with Gasteiger partial charge in [0.15, 0.2) is 0 Å². The van der Waals surface area contributed by atoms with Crippen LogP contribution in [0, 0.1) is 0 Å². The predicted octanol–water partition coefficient (Wildman–Crippen LogP) is 2.27. The molecule has 1 aromatic heterocycles. The largest absolute Gasteiger partial charge is 0.491 e. The van der Waals surface area contributed by atoms with E-state index in [0.717, 1.165) is 30.1 Å². The molecule has 1 aliphatic rings. The van der Waals surface area contributed by atoms with Crippen LogP contribution in [0.2, 0.25) is 0 Å². The normalized spacial score (nSPS) is 13.9. The van der Waals surface area contributed by atoms with Crippen molar-refractivity contribution in [1.82, 2.24) is 4.98 Å². The fourth-order valence-corrected chi connectivity index (χ4v) is 2.38. The van der Waals surface area contributed by atoms with Gasteiger partial charge in [-0.15, -0.1) is 0 Å². The van der Waals surface area contributed by atoms with Gasteiger partial charge in [-0.1, -0.05) is 6.07 Å². The molecule has 1 aliphatic heterocycles. The molecule has 5 heteroatoms. The second-order valence-corrected chi connectivity index (χ2v) is 4.80. The van der Waals surface area contributed by atoms with Gasteiger partial charge in [-0.3, -0.25) is 4.98 Å². The monoisotopic (exact) mass is 284 g/mol. The Morgan fingerprint density at radius 3 is 3.05 bits per heavy atom. The summed E-state index contributed by atoms with van der Waals surface area (Å²) in [5.74, 6) is 0.388. The van der Waals surface area contributed by atoms with Gasteiger partial charge in [-0.2, -0.15) is 0 Å². The standard InChI is InChI=1S/C16H16N2O3/c1-20-16(19)12-4-5-13-11-18(7-8-21-15(13)9-12)14-3-2-6-17-10-14/h2-6,9-10H,7-8,11H2,1H3. The molecule has 0 atom stereocenters. The van der Waals surface area contributed by atoms with Crippen molar-refractivity contribution < 1.29 is 14.3 Å². The second-order valence-electron chi connectivity index (χ2n) is 4.80. The number of anilines is 1. The Morgan fingerprint density at radius 2 is 2.29 bits per heavy atom. The SMILES string of the molecule is COC(=O)c1ccc2c(c1)OCCN(c1cccnc1)C2. The van der Waals surface area contributed by atoms with Crippen molar-refractivity contribution in [2.75, 3.05) is 25.2 Å². The Labute approximate surface area is 123 Å². The maximum Gasteiger partial charge on any atom is 0.337 e. The fourth-order valence-electron chi connectivity index (χ4n) is 2.38. The van der Waals surface area contributed by atoms with Crippen LogP contribution < -0.4 is 9.64 Å². The number of pyridine rings is 1. The molecule has 0 saturated heterocycles. The van der Waals surface area contributed by atoms with Gasteiger partial charge in [0, 0.05) is 18.3 Å². The summed E-state index contributed by atoms with van der Waals surface area (Å²) in [4.78, 5) is 17.9. The Balaban J connectivity index is 1.88. The van der Waals surface area contributed by atoms with Crippen LogP contribution >= 0.6 is 0 Å². The van der Waals surface area contributed by atoms with E-state index in [4.69, 9.17) is 9.47 Å². The van der Waals surface area contributed by atoms with E-state index < -0.39 is 0 Å². The molecule has 21 heavy (non-hydrogen) atoms. The molecule has 0 spiro atoms. The predicted molar refractivity (Wildman–Crippen MR) is 78.6 cm³/mol. The smallest absolute Gasteiger partial charge is 0.337 e. The van der Waals surface area contributed by atoms with Crippen LogP contribution in [0.4, 0.5) is 5.69 Å². The minimum absolute atomic E-state index is 0.352. The van der Waals surface area contributed by atoms with E-state index >= 15 is 0 Å². The Kier molecular flexibility index (Phi) is 3.73. The van der Waals surface area contributed by atoms with Crippen LogP contribution in [0.5, 0.6) is 5.75 Å². The Morgan fingerprint density at radius 1 is 1.38 bits per heavy atom. The summed E-state index contributed by atoms with van der Waals surface area (Å²) in [5, 5.41) is 0. The molecule has 0 fully saturated rings. The highest BCUT2D eigenvalue weighted by molar-refractivity contribution is 5.90. The van der Waals surface area contributed by atoms with E-state index in [1.807, 2.05) is 24.4 Å². The molecule has 2 heterocycles. The highest BCUT2D eigenvalue weighted by Gasteiger charge is 2.17. The number of hydrogen-bond acceptors (Lipinski definition) is 5. The molecule has 0 saturated carbocycles. The number of ether oxygens (including phenoxy) is 2. The molecule has 3 rings (SSSR count). The topological polar surface area (TPSA) is 51.7 Å². The molecule has 0 radical (unpaired) electrons. The van der Waals surface area contributed by atoms with E-state index in [-0.39, 0.29) is 5.97 Å². The van der Waals surface area contributed by atoms with Crippen molar-refractivity contribution in [1.29, 1.82) is 0 Å². The van der Waals surface area contributed by atoms with Crippen molar-refractivity contribution in [3.05, 3.63) is 53.9 Å². The summed E-state index contributed by atoms with van der Waals surface area (Å²) < 4.78 is 10.5. The molecule has 0 N–H and O–H groups in total. The molecule has 0 aliphatic carbocycles. The number of hydrogen-bond donors (Lipinski definition) is 0. The molecule has 5 nitrogen and oxygen atoms in total. The van der Waals surface area contributed by atoms with Crippen LogP contribution in [0.1, 0.15) is 15.9 Å². The number of nitrogens with zero attached hydrogens (tertiary/aromatic N) is 2. The average Bonchev–Trinajstić information content (AvgIpc) is 2.76. The van der Waals surface area contributed by atoms with Gasteiger partial charge in [0.1, 0.15) is 12.4 Å². The van der Waals surface area contributed by atoms with Gasteiger partial charge < -0.3 is 14.4 Å². The molecule has 1 aromatic carbocycles. The zero-order valence-corrected chi connectivity index (χ0v) is 11.8. The van der Waals surface area contributed by atoms with Gasteiger partial charge >= 0.3 is 5.97 Å². The number of benzene rings is 1. The molecular formula is C16H16N2O3. The lowest BCUT2D eigenvalue weighted by molar-refractivity contribution is 0.0600. The maximum absolute atomic E-state index is 11.6. The van der Waals surface area contributed by atoms with Crippen molar-refractivity contribution in [2.24, 2.45) is 0 Å². The van der Waals surface area contributed by atoms with Crippen molar-refractivity contribution in [2.45, 2.75) is 6.54 Å². The first-order chi connectivity index (χ1) is 10.3. The summed E-state index contributed by atoms with van der Waals surface area (Å²) in [6, 6.07) is 9.37. The third kappa shape index (κ3) is 2.81. The van der Waals surface area contributed by atoms with Gasteiger partial charge in [0.25, 0.3) is 0 Å². The quantitative estimate of drug-likeness (QED) is 0.792. The Bertz CT molecular complexity index is 643. The first kappa shape index (κ1) is 13.4. The van der Waals surface area contributed by atoms with E-state index in [2.05, 4.69) is 9.88 Å². The summed E-state index contributed by atoms with van der Waals surface area (Å²) in [7, 11) is 1.37. The number of rotatable bonds is 2. The first-order valence-corrected chi connectivity index (χ1v) is 6.77. The lowest BCUT2D eigenvalue weighted by atomic mass is 10.1. The highest BCUT2D eigenvalue weighted by atomic mass is 16.5.